The molecule has 0 fully saturated rings. The van der Waals surface area contributed by atoms with Gasteiger partial charge in [0.2, 0.25) is 0 Å². The first kappa shape index (κ1) is 23.2. The molecule has 7 nitrogen and oxygen atoms in total. The number of rotatable bonds is 6. The summed E-state index contributed by atoms with van der Waals surface area (Å²) in [5.74, 6) is -0.0102. The summed E-state index contributed by atoms with van der Waals surface area (Å²) < 4.78 is 26.0. The van der Waals surface area contributed by atoms with Crippen LogP contribution in [0.2, 0.25) is 0 Å². The quantitative estimate of drug-likeness (QED) is 0.426. The Balaban J connectivity index is 1.65. The predicted octanol–water partition coefficient (Wildman–Crippen LogP) is 5.03. The van der Waals surface area contributed by atoms with Crippen molar-refractivity contribution in [1.82, 2.24) is 0 Å². The van der Waals surface area contributed by atoms with E-state index in [1.54, 1.807) is 44.4 Å². The van der Waals surface area contributed by atoms with Crippen LogP contribution in [-0.4, -0.2) is 27.7 Å². The van der Waals surface area contributed by atoms with Gasteiger partial charge in [-0.1, -0.05) is 6.07 Å². The number of anilines is 2. The second-order valence-corrected chi connectivity index (χ2v) is 9.85. The fourth-order valence-electron chi connectivity index (χ4n) is 3.89. The van der Waals surface area contributed by atoms with Gasteiger partial charge in [-0.3, -0.25) is 9.59 Å². The van der Waals surface area contributed by atoms with Gasteiger partial charge in [0.25, 0.3) is 11.8 Å². The third-order valence-corrected chi connectivity index (χ3v) is 7.49. The van der Waals surface area contributed by atoms with Gasteiger partial charge in [-0.05, 0) is 80.1 Å². The van der Waals surface area contributed by atoms with Crippen LogP contribution in [-0.2, 0) is 23.9 Å². The normalized spacial score (nSPS) is 13.7. The fourth-order valence-corrected chi connectivity index (χ4v) is 5.57. The molecule has 1 heterocycles. The molecule has 3 N–H and O–H groups in total. The highest BCUT2D eigenvalue weighted by Gasteiger charge is 2.27. The van der Waals surface area contributed by atoms with E-state index < -0.39 is 17.0 Å². The number of benzene rings is 2. The molecule has 172 valence electrons. The SMILES string of the molecule is COc1ccc(NC(=O)c2c(NC(=O)c3cc(S(=O)O)ccc3C)sc3c2CCCC3)cc1. The molecule has 33 heavy (non-hydrogen) atoms. The lowest BCUT2D eigenvalue weighted by molar-refractivity contribution is 0.102. The Bertz CT molecular complexity index is 1230. The molecule has 1 atom stereocenters. The summed E-state index contributed by atoms with van der Waals surface area (Å²) >= 11 is -0.768. The topological polar surface area (TPSA) is 105 Å². The number of aryl methyl sites for hydroxylation is 2. The maximum Gasteiger partial charge on any atom is 0.258 e. The minimum absolute atomic E-state index is 0.147. The zero-order chi connectivity index (χ0) is 23.5. The molecule has 9 heteroatoms. The van der Waals surface area contributed by atoms with Crippen molar-refractivity contribution in [2.75, 3.05) is 17.7 Å². The average Bonchev–Trinajstić information content (AvgIpc) is 3.17. The highest BCUT2D eigenvalue weighted by Crippen LogP contribution is 2.39. The second-order valence-electron chi connectivity index (χ2n) is 7.78. The predicted molar refractivity (Wildman–Crippen MR) is 130 cm³/mol. The Morgan fingerprint density at radius 2 is 1.76 bits per heavy atom. The monoisotopic (exact) mass is 484 g/mol. The number of ether oxygens (including phenoxy) is 1. The molecule has 1 aliphatic rings. The van der Waals surface area contributed by atoms with E-state index in [2.05, 4.69) is 10.6 Å². The molecular formula is C24H24N2O5S2. The molecule has 4 rings (SSSR count). The smallest absolute Gasteiger partial charge is 0.258 e. The van der Waals surface area contributed by atoms with E-state index in [9.17, 15) is 18.4 Å². The first-order valence-corrected chi connectivity index (χ1v) is 12.4. The Labute approximate surface area is 198 Å². The molecular weight excluding hydrogens is 460 g/mol. The molecule has 0 saturated carbocycles. The van der Waals surface area contributed by atoms with Gasteiger partial charge in [0.1, 0.15) is 10.8 Å². The van der Waals surface area contributed by atoms with Crippen LogP contribution in [0.25, 0.3) is 0 Å². The van der Waals surface area contributed by atoms with Gasteiger partial charge >= 0.3 is 0 Å². The van der Waals surface area contributed by atoms with Crippen molar-refractivity contribution in [2.45, 2.75) is 37.5 Å². The van der Waals surface area contributed by atoms with Crippen LogP contribution in [0.5, 0.6) is 5.75 Å². The summed E-state index contributed by atoms with van der Waals surface area (Å²) in [7, 11) is 1.58. The molecule has 1 aliphatic carbocycles. The van der Waals surface area contributed by atoms with Crippen LogP contribution in [0.4, 0.5) is 10.7 Å². The first-order chi connectivity index (χ1) is 15.9. The number of methoxy groups -OCH3 is 1. The standard InChI is InChI=1S/C24H24N2O5S2/c1-14-7-12-17(33(29)30)13-19(14)22(27)26-24-21(18-5-3-4-6-20(18)32-24)23(28)25-15-8-10-16(31-2)11-9-15/h7-13H,3-6H2,1-2H3,(H,25,28)(H,26,27)(H,29,30). The van der Waals surface area contributed by atoms with E-state index >= 15 is 0 Å². The van der Waals surface area contributed by atoms with Gasteiger partial charge in [0.05, 0.1) is 17.6 Å². The van der Waals surface area contributed by atoms with Crippen molar-refractivity contribution in [3.63, 3.8) is 0 Å². The zero-order valence-corrected chi connectivity index (χ0v) is 19.9. The van der Waals surface area contributed by atoms with Crippen LogP contribution in [0.1, 0.15) is 49.6 Å². The van der Waals surface area contributed by atoms with E-state index in [1.165, 1.54) is 23.5 Å². The Morgan fingerprint density at radius 1 is 1.03 bits per heavy atom. The Kier molecular flexibility index (Phi) is 6.92. The number of fused-ring (bicyclic) bond motifs is 1. The fraction of sp³-hybridized carbons (Fsp3) is 0.250. The van der Waals surface area contributed by atoms with Gasteiger partial charge in [-0.2, -0.15) is 0 Å². The van der Waals surface area contributed by atoms with Crippen molar-refractivity contribution >= 4 is 44.9 Å². The van der Waals surface area contributed by atoms with Gasteiger partial charge in [0, 0.05) is 16.1 Å². The van der Waals surface area contributed by atoms with Crippen molar-refractivity contribution in [1.29, 1.82) is 0 Å². The minimum Gasteiger partial charge on any atom is -0.497 e. The molecule has 0 saturated heterocycles. The lowest BCUT2D eigenvalue weighted by Crippen LogP contribution is -2.19. The van der Waals surface area contributed by atoms with Crippen LogP contribution >= 0.6 is 11.3 Å². The van der Waals surface area contributed by atoms with Crippen molar-refractivity contribution in [2.24, 2.45) is 0 Å². The summed E-state index contributed by atoms with van der Waals surface area (Å²) in [5, 5.41) is 6.31. The Hall–Kier alpha value is -3.01. The van der Waals surface area contributed by atoms with Gasteiger partial charge < -0.3 is 19.9 Å². The largest absolute Gasteiger partial charge is 0.497 e. The molecule has 0 bridgehead atoms. The number of nitrogens with one attached hydrogen (secondary N) is 2. The molecule has 1 aromatic heterocycles. The summed E-state index contributed by atoms with van der Waals surface area (Å²) in [4.78, 5) is 27.6. The highest BCUT2D eigenvalue weighted by atomic mass is 32.2. The molecule has 3 aromatic rings. The maximum atomic E-state index is 13.3. The third-order valence-electron chi connectivity index (χ3n) is 5.63. The number of carbonyl (C=O) groups is 2. The van der Waals surface area contributed by atoms with E-state index in [4.69, 9.17) is 4.74 Å². The third kappa shape index (κ3) is 5.00. The summed E-state index contributed by atoms with van der Waals surface area (Å²) in [5.41, 5.74) is 3.06. The number of carbonyl (C=O) groups excluding carboxylic acids is 2. The van der Waals surface area contributed by atoms with Gasteiger partial charge in [0.15, 0.2) is 11.1 Å². The Morgan fingerprint density at radius 3 is 2.45 bits per heavy atom. The molecule has 0 spiro atoms. The van der Waals surface area contributed by atoms with Gasteiger partial charge in [-0.25, -0.2) is 4.21 Å². The first-order valence-electron chi connectivity index (χ1n) is 10.5. The zero-order valence-electron chi connectivity index (χ0n) is 18.3. The lowest BCUT2D eigenvalue weighted by atomic mass is 9.95. The molecule has 0 radical (unpaired) electrons. The minimum atomic E-state index is -2.19. The van der Waals surface area contributed by atoms with Crippen molar-refractivity contribution in [3.05, 3.63) is 69.6 Å². The number of amides is 2. The van der Waals surface area contributed by atoms with Crippen LogP contribution in [0.15, 0.2) is 47.4 Å². The molecule has 1 unspecified atom stereocenters. The lowest BCUT2D eigenvalue weighted by Gasteiger charge is -2.14. The summed E-state index contributed by atoms with van der Waals surface area (Å²) in [6.45, 7) is 1.76. The van der Waals surface area contributed by atoms with Crippen LogP contribution < -0.4 is 15.4 Å². The van der Waals surface area contributed by atoms with E-state index in [-0.39, 0.29) is 10.8 Å². The van der Waals surface area contributed by atoms with Crippen molar-refractivity contribution in [3.8, 4) is 5.75 Å². The van der Waals surface area contributed by atoms with Crippen LogP contribution in [0.3, 0.4) is 0 Å². The summed E-state index contributed by atoms with van der Waals surface area (Å²) in [6, 6.07) is 11.6. The maximum absolute atomic E-state index is 13.3. The van der Waals surface area contributed by atoms with E-state index in [0.29, 0.717) is 33.1 Å². The number of hydrogen-bond acceptors (Lipinski definition) is 5. The number of hydrogen-bond donors (Lipinski definition) is 3. The van der Waals surface area contributed by atoms with E-state index in [1.807, 2.05) is 0 Å². The molecule has 0 aliphatic heterocycles. The molecule has 2 aromatic carbocycles. The summed E-state index contributed by atoms with van der Waals surface area (Å²) in [6.07, 6.45) is 3.69. The van der Waals surface area contributed by atoms with Crippen molar-refractivity contribution < 1.29 is 23.1 Å². The van der Waals surface area contributed by atoms with E-state index in [0.717, 1.165) is 36.1 Å². The van der Waals surface area contributed by atoms with Crippen LogP contribution in [0, 0.1) is 6.92 Å². The van der Waals surface area contributed by atoms with Gasteiger partial charge in [-0.15, -0.1) is 11.3 Å². The highest BCUT2D eigenvalue weighted by molar-refractivity contribution is 7.79. The average molecular weight is 485 g/mol. The number of thiophene rings is 1. The molecule has 2 amide bonds. The second kappa shape index (κ2) is 9.86.